The van der Waals surface area contributed by atoms with E-state index in [-0.39, 0.29) is 5.82 Å². The van der Waals surface area contributed by atoms with Crippen LogP contribution in [0.4, 0.5) is 4.39 Å². The van der Waals surface area contributed by atoms with E-state index in [4.69, 9.17) is 4.74 Å². The Bertz CT molecular complexity index is 641. The maximum atomic E-state index is 13.1. The fraction of sp³-hybridized carbons (Fsp3) is 0.278. The minimum absolute atomic E-state index is 0.233. The van der Waals surface area contributed by atoms with Gasteiger partial charge in [0.1, 0.15) is 5.82 Å². The minimum Gasteiger partial charge on any atom is -0.380 e. The number of hydrogen-bond acceptors (Lipinski definition) is 2. The van der Waals surface area contributed by atoms with Crippen LogP contribution >= 0.6 is 0 Å². The van der Waals surface area contributed by atoms with E-state index < -0.39 is 0 Å². The van der Waals surface area contributed by atoms with Gasteiger partial charge in [0.25, 0.3) is 0 Å². The van der Waals surface area contributed by atoms with Crippen molar-refractivity contribution in [3.05, 3.63) is 71.0 Å². The molecule has 0 radical (unpaired) electrons. The Morgan fingerprint density at radius 3 is 2.26 bits per heavy atom. The maximum Gasteiger partial charge on any atom is 0.191 e. The first kappa shape index (κ1) is 17.0. The van der Waals surface area contributed by atoms with Gasteiger partial charge in [0, 0.05) is 27.2 Å². The molecule has 0 heterocycles. The predicted octanol–water partition coefficient (Wildman–Crippen LogP) is 2.84. The van der Waals surface area contributed by atoms with Crippen molar-refractivity contribution in [1.82, 2.24) is 10.6 Å². The average molecular weight is 315 g/mol. The Balaban J connectivity index is 1.83. The SMILES string of the molecule is CN=C(NCc1ccc(COC)cc1)NCc1cccc(F)c1. The van der Waals surface area contributed by atoms with E-state index in [1.807, 2.05) is 18.2 Å². The van der Waals surface area contributed by atoms with Gasteiger partial charge in [0.05, 0.1) is 6.61 Å². The number of nitrogens with zero attached hydrogens (tertiary/aromatic N) is 1. The van der Waals surface area contributed by atoms with Crippen LogP contribution in [-0.4, -0.2) is 20.1 Å². The van der Waals surface area contributed by atoms with Gasteiger partial charge in [-0.2, -0.15) is 0 Å². The summed E-state index contributed by atoms with van der Waals surface area (Å²) in [6.45, 7) is 1.80. The summed E-state index contributed by atoms with van der Waals surface area (Å²) in [5.74, 6) is 0.443. The molecule has 0 saturated carbocycles. The monoisotopic (exact) mass is 315 g/mol. The van der Waals surface area contributed by atoms with E-state index in [9.17, 15) is 4.39 Å². The fourth-order valence-electron chi connectivity index (χ4n) is 2.16. The first-order valence-corrected chi connectivity index (χ1v) is 7.47. The van der Waals surface area contributed by atoms with Crippen molar-refractivity contribution in [1.29, 1.82) is 0 Å². The normalized spacial score (nSPS) is 11.3. The molecule has 0 spiro atoms. The highest BCUT2D eigenvalue weighted by Crippen LogP contribution is 2.05. The highest BCUT2D eigenvalue weighted by Gasteiger charge is 2.00. The standard InChI is InChI=1S/C18H22FN3O/c1-20-18(22-12-16-4-3-5-17(19)10-16)21-11-14-6-8-15(9-7-14)13-23-2/h3-10H,11-13H2,1-2H3,(H2,20,21,22). The molecule has 0 saturated heterocycles. The first-order valence-electron chi connectivity index (χ1n) is 7.47. The van der Waals surface area contributed by atoms with Crippen LogP contribution in [0.1, 0.15) is 16.7 Å². The molecule has 122 valence electrons. The molecule has 2 aromatic carbocycles. The zero-order chi connectivity index (χ0) is 16.5. The van der Waals surface area contributed by atoms with Gasteiger partial charge in [-0.1, -0.05) is 36.4 Å². The Morgan fingerprint density at radius 1 is 1.00 bits per heavy atom. The number of ether oxygens (including phenoxy) is 1. The minimum atomic E-state index is -0.233. The van der Waals surface area contributed by atoms with Crippen LogP contribution in [0, 0.1) is 5.82 Å². The van der Waals surface area contributed by atoms with Crippen molar-refractivity contribution < 1.29 is 9.13 Å². The molecule has 0 aromatic heterocycles. The van der Waals surface area contributed by atoms with Gasteiger partial charge in [-0.3, -0.25) is 4.99 Å². The van der Waals surface area contributed by atoms with Gasteiger partial charge in [0.2, 0.25) is 0 Å². The molecule has 0 amide bonds. The van der Waals surface area contributed by atoms with Crippen molar-refractivity contribution in [2.45, 2.75) is 19.7 Å². The van der Waals surface area contributed by atoms with Crippen molar-refractivity contribution in [2.75, 3.05) is 14.2 Å². The molecule has 0 atom stereocenters. The van der Waals surface area contributed by atoms with Gasteiger partial charge in [-0.25, -0.2) is 4.39 Å². The van der Waals surface area contributed by atoms with Crippen molar-refractivity contribution in [3.8, 4) is 0 Å². The number of methoxy groups -OCH3 is 1. The second kappa shape index (κ2) is 8.90. The van der Waals surface area contributed by atoms with Gasteiger partial charge < -0.3 is 15.4 Å². The molecule has 2 rings (SSSR count). The smallest absolute Gasteiger partial charge is 0.191 e. The second-order valence-corrected chi connectivity index (χ2v) is 5.16. The lowest BCUT2D eigenvalue weighted by atomic mass is 10.1. The Labute approximate surface area is 136 Å². The van der Waals surface area contributed by atoms with Gasteiger partial charge >= 0.3 is 0 Å². The van der Waals surface area contributed by atoms with E-state index in [0.29, 0.717) is 25.7 Å². The molecule has 2 N–H and O–H groups in total. The zero-order valence-corrected chi connectivity index (χ0v) is 13.5. The lowest BCUT2D eigenvalue weighted by Gasteiger charge is -2.12. The number of aliphatic imine (C=N–C) groups is 1. The quantitative estimate of drug-likeness (QED) is 0.636. The maximum absolute atomic E-state index is 13.1. The number of halogens is 1. The lowest BCUT2D eigenvalue weighted by molar-refractivity contribution is 0.185. The molecular weight excluding hydrogens is 293 g/mol. The summed E-state index contributed by atoms with van der Waals surface area (Å²) in [4.78, 5) is 4.17. The topological polar surface area (TPSA) is 45.7 Å². The third-order valence-electron chi connectivity index (χ3n) is 3.37. The van der Waals surface area contributed by atoms with Crippen molar-refractivity contribution in [2.24, 2.45) is 4.99 Å². The molecule has 0 unspecified atom stereocenters. The molecule has 0 fully saturated rings. The zero-order valence-electron chi connectivity index (χ0n) is 13.5. The Hall–Kier alpha value is -2.40. The molecule has 0 aliphatic carbocycles. The third kappa shape index (κ3) is 5.71. The van der Waals surface area contributed by atoms with E-state index in [0.717, 1.165) is 16.7 Å². The summed E-state index contributed by atoms with van der Waals surface area (Å²) in [6, 6.07) is 14.7. The number of nitrogens with one attached hydrogen (secondary N) is 2. The highest BCUT2D eigenvalue weighted by molar-refractivity contribution is 5.79. The molecule has 0 aliphatic rings. The highest BCUT2D eigenvalue weighted by atomic mass is 19.1. The van der Waals surface area contributed by atoms with Gasteiger partial charge in [0.15, 0.2) is 5.96 Å². The van der Waals surface area contributed by atoms with E-state index in [1.165, 1.54) is 12.1 Å². The van der Waals surface area contributed by atoms with Crippen LogP contribution in [0.25, 0.3) is 0 Å². The van der Waals surface area contributed by atoms with E-state index >= 15 is 0 Å². The average Bonchev–Trinajstić information content (AvgIpc) is 2.57. The van der Waals surface area contributed by atoms with Crippen LogP contribution in [0.5, 0.6) is 0 Å². The number of rotatable bonds is 6. The molecular formula is C18H22FN3O. The molecule has 0 bridgehead atoms. The Morgan fingerprint density at radius 2 is 1.65 bits per heavy atom. The third-order valence-corrected chi connectivity index (χ3v) is 3.37. The summed E-state index contributed by atoms with van der Waals surface area (Å²) in [7, 11) is 3.40. The number of hydrogen-bond donors (Lipinski definition) is 2. The summed E-state index contributed by atoms with van der Waals surface area (Å²) < 4.78 is 18.2. The van der Waals surface area contributed by atoms with Crippen molar-refractivity contribution >= 4 is 5.96 Å². The van der Waals surface area contributed by atoms with Gasteiger partial charge in [-0.15, -0.1) is 0 Å². The molecule has 0 aliphatic heterocycles. The first-order chi connectivity index (χ1) is 11.2. The van der Waals surface area contributed by atoms with E-state index in [1.54, 1.807) is 20.2 Å². The summed E-state index contributed by atoms with van der Waals surface area (Å²) in [6.07, 6.45) is 0. The fourth-order valence-corrected chi connectivity index (χ4v) is 2.16. The van der Waals surface area contributed by atoms with Crippen LogP contribution in [0.3, 0.4) is 0 Å². The number of benzene rings is 2. The van der Waals surface area contributed by atoms with Gasteiger partial charge in [-0.05, 0) is 28.8 Å². The largest absolute Gasteiger partial charge is 0.380 e. The Kier molecular flexibility index (Phi) is 6.56. The lowest BCUT2D eigenvalue weighted by Crippen LogP contribution is -2.36. The van der Waals surface area contributed by atoms with Crippen LogP contribution in [0.2, 0.25) is 0 Å². The van der Waals surface area contributed by atoms with Crippen LogP contribution in [0.15, 0.2) is 53.5 Å². The van der Waals surface area contributed by atoms with Crippen LogP contribution < -0.4 is 10.6 Å². The summed E-state index contributed by atoms with van der Waals surface area (Å²) in [5, 5.41) is 6.40. The molecule has 2 aromatic rings. The van der Waals surface area contributed by atoms with Crippen LogP contribution in [-0.2, 0) is 24.4 Å². The predicted molar refractivity (Wildman–Crippen MR) is 90.6 cm³/mol. The second-order valence-electron chi connectivity index (χ2n) is 5.16. The van der Waals surface area contributed by atoms with Crippen molar-refractivity contribution in [3.63, 3.8) is 0 Å². The van der Waals surface area contributed by atoms with E-state index in [2.05, 4.69) is 27.8 Å². The summed E-state index contributed by atoms with van der Waals surface area (Å²) in [5.41, 5.74) is 3.17. The summed E-state index contributed by atoms with van der Waals surface area (Å²) >= 11 is 0. The molecule has 23 heavy (non-hydrogen) atoms. The number of guanidine groups is 1. The molecule has 4 nitrogen and oxygen atoms in total. The molecule has 5 heteroatoms.